The molecule has 2 aromatic heterocycles. The number of aryl methyl sites for hydroxylation is 1. The fraction of sp³-hybridized carbons (Fsp3) is 0.200. The number of hydrogen-bond donors (Lipinski definition) is 2. The van der Waals surface area contributed by atoms with Gasteiger partial charge in [-0.1, -0.05) is 16.8 Å². The third kappa shape index (κ3) is 2.43. The van der Waals surface area contributed by atoms with Crippen LogP contribution in [0, 0.1) is 6.92 Å². The van der Waals surface area contributed by atoms with Crippen molar-refractivity contribution in [2.75, 3.05) is 11.1 Å². The summed E-state index contributed by atoms with van der Waals surface area (Å²) in [6, 6.07) is 3.49. The largest absolute Gasteiger partial charge is 0.396 e. The number of pyridine rings is 1. The zero-order valence-corrected chi connectivity index (χ0v) is 9.45. The molecular weight excluding hydrogens is 228 g/mol. The molecule has 0 aliphatic heterocycles. The quantitative estimate of drug-likeness (QED) is 0.858. The highest BCUT2D eigenvalue weighted by atomic mass is 35.5. The van der Waals surface area contributed by atoms with Gasteiger partial charge in [0.25, 0.3) is 0 Å². The molecule has 0 bridgehead atoms. The molecule has 2 heterocycles. The van der Waals surface area contributed by atoms with Gasteiger partial charge in [-0.05, 0) is 13.0 Å². The first-order valence-corrected chi connectivity index (χ1v) is 5.10. The van der Waals surface area contributed by atoms with Crippen LogP contribution in [0.3, 0.4) is 0 Å². The monoisotopic (exact) mass is 238 g/mol. The molecule has 0 saturated heterocycles. The third-order valence-corrected chi connectivity index (χ3v) is 2.20. The summed E-state index contributed by atoms with van der Waals surface area (Å²) in [5.74, 6) is 1.36. The normalized spacial score (nSPS) is 10.4. The van der Waals surface area contributed by atoms with Crippen LogP contribution in [0.2, 0.25) is 5.02 Å². The van der Waals surface area contributed by atoms with Crippen molar-refractivity contribution < 1.29 is 4.52 Å². The zero-order valence-electron chi connectivity index (χ0n) is 8.70. The predicted octanol–water partition coefficient (Wildman–Crippen LogP) is 2.23. The second kappa shape index (κ2) is 4.40. The molecule has 16 heavy (non-hydrogen) atoms. The third-order valence-electron chi connectivity index (χ3n) is 2.00. The number of anilines is 2. The fourth-order valence-corrected chi connectivity index (χ4v) is 1.44. The van der Waals surface area contributed by atoms with Crippen LogP contribution in [0.5, 0.6) is 0 Å². The summed E-state index contributed by atoms with van der Waals surface area (Å²) in [4.78, 5) is 4.07. The molecule has 0 atom stereocenters. The Bertz CT molecular complexity index is 497. The molecule has 0 spiro atoms. The minimum atomic E-state index is 0.507. The minimum Gasteiger partial charge on any atom is -0.396 e. The van der Waals surface area contributed by atoms with Crippen molar-refractivity contribution in [2.45, 2.75) is 13.5 Å². The van der Waals surface area contributed by atoms with Gasteiger partial charge in [0, 0.05) is 12.3 Å². The van der Waals surface area contributed by atoms with E-state index in [0.717, 1.165) is 11.5 Å². The van der Waals surface area contributed by atoms with Crippen LogP contribution in [0.4, 0.5) is 11.5 Å². The van der Waals surface area contributed by atoms with E-state index in [-0.39, 0.29) is 0 Å². The predicted molar refractivity (Wildman–Crippen MR) is 62.2 cm³/mol. The molecule has 3 N–H and O–H groups in total. The smallest absolute Gasteiger partial charge is 0.149 e. The molecule has 2 rings (SSSR count). The lowest BCUT2D eigenvalue weighted by atomic mass is 10.3. The van der Waals surface area contributed by atoms with Crippen LogP contribution in [0.15, 0.2) is 22.9 Å². The molecule has 2 aromatic rings. The highest BCUT2D eigenvalue weighted by Crippen LogP contribution is 2.19. The molecule has 0 saturated carbocycles. The van der Waals surface area contributed by atoms with Crippen molar-refractivity contribution in [3.8, 4) is 0 Å². The maximum absolute atomic E-state index is 5.74. The number of rotatable bonds is 3. The molecule has 0 fully saturated rings. The van der Waals surface area contributed by atoms with Crippen molar-refractivity contribution >= 4 is 23.1 Å². The van der Waals surface area contributed by atoms with Gasteiger partial charge >= 0.3 is 0 Å². The summed E-state index contributed by atoms with van der Waals surface area (Å²) < 4.78 is 4.94. The standard InChI is InChI=1S/C10H11ClN4O/c1-6-2-8(15-16-6)5-14-10-9(12)3-7(11)4-13-10/h2-4H,5,12H2,1H3,(H,13,14). The second-order valence-corrected chi connectivity index (χ2v) is 3.81. The van der Waals surface area contributed by atoms with Crippen LogP contribution in [-0.2, 0) is 6.54 Å². The molecule has 6 heteroatoms. The number of nitrogens with two attached hydrogens (primary N) is 1. The molecule has 0 amide bonds. The first-order valence-electron chi connectivity index (χ1n) is 4.72. The van der Waals surface area contributed by atoms with E-state index >= 15 is 0 Å². The zero-order chi connectivity index (χ0) is 11.5. The van der Waals surface area contributed by atoms with Gasteiger partial charge in [-0.15, -0.1) is 0 Å². The van der Waals surface area contributed by atoms with Crippen molar-refractivity contribution in [1.82, 2.24) is 10.1 Å². The number of nitrogens with one attached hydrogen (secondary N) is 1. The highest BCUT2D eigenvalue weighted by Gasteiger charge is 2.03. The van der Waals surface area contributed by atoms with E-state index < -0.39 is 0 Å². The summed E-state index contributed by atoms with van der Waals surface area (Å²) in [5.41, 5.74) is 7.04. The average Bonchev–Trinajstić information content (AvgIpc) is 2.63. The molecule has 0 radical (unpaired) electrons. The van der Waals surface area contributed by atoms with E-state index in [0.29, 0.717) is 23.1 Å². The van der Waals surface area contributed by atoms with Gasteiger partial charge in [0.2, 0.25) is 0 Å². The van der Waals surface area contributed by atoms with Crippen LogP contribution in [0.1, 0.15) is 11.5 Å². The Morgan fingerprint density at radius 3 is 2.94 bits per heavy atom. The maximum Gasteiger partial charge on any atom is 0.149 e. The summed E-state index contributed by atoms with van der Waals surface area (Å²) in [6.07, 6.45) is 1.54. The van der Waals surface area contributed by atoms with Gasteiger partial charge in [-0.25, -0.2) is 4.98 Å². The molecule has 84 valence electrons. The van der Waals surface area contributed by atoms with Crippen molar-refractivity contribution in [2.24, 2.45) is 0 Å². The van der Waals surface area contributed by atoms with Crippen LogP contribution in [-0.4, -0.2) is 10.1 Å². The second-order valence-electron chi connectivity index (χ2n) is 3.37. The van der Waals surface area contributed by atoms with Gasteiger partial charge in [0.15, 0.2) is 0 Å². The molecule has 0 aromatic carbocycles. The van der Waals surface area contributed by atoms with Crippen molar-refractivity contribution in [3.05, 3.63) is 34.8 Å². The minimum absolute atomic E-state index is 0.507. The van der Waals surface area contributed by atoms with Crippen molar-refractivity contribution in [3.63, 3.8) is 0 Å². The van der Waals surface area contributed by atoms with Crippen LogP contribution >= 0.6 is 11.6 Å². The maximum atomic E-state index is 5.74. The van der Waals surface area contributed by atoms with Gasteiger partial charge in [-0.2, -0.15) is 0 Å². The highest BCUT2D eigenvalue weighted by molar-refractivity contribution is 6.30. The van der Waals surface area contributed by atoms with Gasteiger partial charge in [0.1, 0.15) is 17.3 Å². The number of nitrogens with zero attached hydrogens (tertiary/aromatic N) is 2. The Morgan fingerprint density at radius 1 is 1.50 bits per heavy atom. The Balaban J connectivity index is 2.04. The summed E-state index contributed by atoms with van der Waals surface area (Å²) >= 11 is 5.74. The lowest BCUT2D eigenvalue weighted by Crippen LogP contribution is -2.04. The number of hydrogen-bond acceptors (Lipinski definition) is 5. The lowest BCUT2D eigenvalue weighted by molar-refractivity contribution is 0.391. The van der Waals surface area contributed by atoms with E-state index in [1.165, 1.54) is 6.20 Å². The molecule has 0 aliphatic carbocycles. The Kier molecular flexibility index (Phi) is 2.96. The van der Waals surface area contributed by atoms with E-state index in [2.05, 4.69) is 15.5 Å². The topological polar surface area (TPSA) is 77.0 Å². The van der Waals surface area contributed by atoms with Gasteiger partial charge < -0.3 is 15.6 Å². The Labute approximate surface area is 97.6 Å². The number of halogens is 1. The Hall–Kier alpha value is -1.75. The summed E-state index contributed by atoms with van der Waals surface area (Å²) in [7, 11) is 0. The number of nitrogen functional groups attached to an aromatic ring is 1. The van der Waals surface area contributed by atoms with E-state index in [4.69, 9.17) is 21.9 Å². The molecular formula is C10H11ClN4O. The van der Waals surface area contributed by atoms with Crippen LogP contribution < -0.4 is 11.1 Å². The van der Waals surface area contributed by atoms with Crippen molar-refractivity contribution in [1.29, 1.82) is 0 Å². The molecule has 5 nitrogen and oxygen atoms in total. The van der Waals surface area contributed by atoms with E-state index in [1.54, 1.807) is 6.07 Å². The SMILES string of the molecule is Cc1cc(CNc2ncc(Cl)cc2N)no1. The molecule has 0 unspecified atom stereocenters. The van der Waals surface area contributed by atoms with Gasteiger partial charge in [-0.3, -0.25) is 0 Å². The first-order chi connectivity index (χ1) is 7.65. The van der Waals surface area contributed by atoms with E-state index in [9.17, 15) is 0 Å². The lowest BCUT2D eigenvalue weighted by Gasteiger charge is -2.06. The first kappa shape index (κ1) is 10.8. The summed E-state index contributed by atoms with van der Waals surface area (Å²) in [5, 5.41) is 7.41. The average molecular weight is 239 g/mol. The fourth-order valence-electron chi connectivity index (χ4n) is 1.28. The summed E-state index contributed by atoms with van der Waals surface area (Å²) in [6.45, 7) is 2.35. The Morgan fingerprint density at radius 2 is 2.31 bits per heavy atom. The van der Waals surface area contributed by atoms with Gasteiger partial charge in [0.05, 0.1) is 17.3 Å². The van der Waals surface area contributed by atoms with Crippen LogP contribution in [0.25, 0.3) is 0 Å². The molecule has 0 aliphatic rings. The van der Waals surface area contributed by atoms with E-state index in [1.807, 2.05) is 13.0 Å². The number of aromatic nitrogens is 2.